The molecule has 0 unspecified atom stereocenters. The molecule has 0 radical (unpaired) electrons. The van der Waals surface area contributed by atoms with Crippen LogP contribution in [0, 0.1) is 6.92 Å². The molecule has 0 saturated heterocycles. The maximum Gasteiger partial charge on any atom is 0.248 e. The quantitative estimate of drug-likeness (QED) is 0.421. The van der Waals surface area contributed by atoms with E-state index in [1.807, 2.05) is 47.2 Å². The van der Waals surface area contributed by atoms with E-state index in [2.05, 4.69) is 41.2 Å². The topological polar surface area (TPSA) is 60.4 Å². The molecule has 4 rings (SSSR count). The van der Waals surface area contributed by atoms with Gasteiger partial charge < -0.3 is 8.98 Å². The highest BCUT2D eigenvalue weighted by molar-refractivity contribution is 6.33. The molecule has 156 valence electrons. The van der Waals surface area contributed by atoms with Crippen molar-refractivity contribution in [3.05, 3.63) is 107 Å². The summed E-state index contributed by atoms with van der Waals surface area (Å²) in [7, 11) is 0. The molecule has 0 aliphatic carbocycles. The lowest BCUT2D eigenvalue weighted by Crippen LogP contribution is -2.22. The molecule has 0 fully saturated rings. The van der Waals surface area contributed by atoms with Crippen molar-refractivity contribution in [1.82, 2.24) is 9.55 Å². The highest BCUT2D eigenvalue weighted by Crippen LogP contribution is 2.28. The molecular weight excluding hydrogens is 410 g/mol. The SMILES string of the molecule is Cc1ccc(Cn2ccccc2=NC(=O)CCc2ncc(-c3ccccc3Cl)o2)cc1. The average Bonchev–Trinajstić information content (AvgIpc) is 3.24. The largest absolute Gasteiger partial charge is 0.441 e. The molecular formula is C25H22ClN3O2. The van der Waals surface area contributed by atoms with Crippen molar-refractivity contribution in [1.29, 1.82) is 0 Å². The summed E-state index contributed by atoms with van der Waals surface area (Å²) in [5.74, 6) is 0.851. The van der Waals surface area contributed by atoms with E-state index < -0.39 is 0 Å². The van der Waals surface area contributed by atoms with Gasteiger partial charge in [-0.25, -0.2) is 4.98 Å². The van der Waals surface area contributed by atoms with Crippen molar-refractivity contribution in [2.45, 2.75) is 26.3 Å². The molecule has 2 aromatic heterocycles. The predicted octanol–water partition coefficient (Wildman–Crippen LogP) is 5.21. The summed E-state index contributed by atoms with van der Waals surface area (Å²) >= 11 is 6.21. The van der Waals surface area contributed by atoms with Crippen molar-refractivity contribution in [2.24, 2.45) is 4.99 Å². The van der Waals surface area contributed by atoms with Crippen LogP contribution in [0.3, 0.4) is 0 Å². The number of carbonyl (C=O) groups excluding carboxylic acids is 1. The van der Waals surface area contributed by atoms with Crippen LogP contribution < -0.4 is 5.49 Å². The molecule has 0 saturated carbocycles. The predicted molar refractivity (Wildman–Crippen MR) is 121 cm³/mol. The number of halogens is 1. The maximum atomic E-state index is 12.5. The molecule has 0 spiro atoms. The second kappa shape index (κ2) is 9.58. The Balaban J connectivity index is 1.44. The molecule has 0 aliphatic rings. The summed E-state index contributed by atoms with van der Waals surface area (Å²) in [6.07, 6.45) is 4.14. The van der Waals surface area contributed by atoms with Gasteiger partial charge in [0.1, 0.15) is 5.49 Å². The van der Waals surface area contributed by atoms with Crippen molar-refractivity contribution in [2.75, 3.05) is 0 Å². The molecule has 1 amide bonds. The molecule has 2 heterocycles. The van der Waals surface area contributed by atoms with E-state index in [-0.39, 0.29) is 12.3 Å². The van der Waals surface area contributed by atoms with Crippen LogP contribution >= 0.6 is 11.6 Å². The molecule has 0 bridgehead atoms. The van der Waals surface area contributed by atoms with Crippen LogP contribution in [0.15, 0.2) is 88.5 Å². The number of aromatic nitrogens is 2. The number of benzene rings is 2. The first kappa shape index (κ1) is 20.8. The normalized spacial score (nSPS) is 11.6. The van der Waals surface area contributed by atoms with E-state index in [9.17, 15) is 4.79 Å². The smallest absolute Gasteiger partial charge is 0.248 e. The van der Waals surface area contributed by atoms with Crippen molar-refractivity contribution >= 4 is 17.5 Å². The van der Waals surface area contributed by atoms with Gasteiger partial charge in [0.25, 0.3) is 0 Å². The Morgan fingerprint density at radius 2 is 1.84 bits per heavy atom. The summed E-state index contributed by atoms with van der Waals surface area (Å²) in [6, 6.07) is 21.4. The Morgan fingerprint density at radius 3 is 2.65 bits per heavy atom. The van der Waals surface area contributed by atoms with Crippen molar-refractivity contribution in [3.8, 4) is 11.3 Å². The second-order valence-electron chi connectivity index (χ2n) is 7.28. The lowest BCUT2D eigenvalue weighted by molar-refractivity contribution is -0.118. The van der Waals surface area contributed by atoms with Gasteiger partial charge in [0, 0.05) is 31.1 Å². The molecule has 31 heavy (non-hydrogen) atoms. The van der Waals surface area contributed by atoms with Crippen LogP contribution in [0.4, 0.5) is 0 Å². The Labute approximate surface area is 185 Å². The zero-order chi connectivity index (χ0) is 21.6. The lowest BCUT2D eigenvalue weighted by atomic mass is 10.1. The molecule has 2 aromatic carbocycles. The third-order valence-corrected chi connectivity index (χ3v) is 5.20. The Hall–Kier alpha value is -3.44. The summed E-state index contributed by atoms with van der Waals surface area (Å²) < 4.78 is 7.73. The summed E-state index contributed by atoms with van der Waals surface area (Å²) in [5, 5.41) is 0.596. The van der Waals surface area contributed by atoms with Gasteiger partial charge in [-0.3, -0.25) is 4.79 Å². The first-order valence-electron chi connectivity index (χ1n) is 10.1. The molecule has 0 aliphatic heterocycles. The first-order valence-corrected chi connectivity index (χ1v) is 10.4. The lowest BCUT2D eigenvalue weighted by Gasteiger charge is -2.07. The van der Waals surface area contributed by atoms with Crippen LogP contribution in [0.5, 0.6) is 0 Å². The third-order valence-electron chi connectivity index (χ3n) is 4.88. The van der Waals surface area contributed by atoms with Crippen LogP contribution in [-0.2, 0) is 17.8 Å². The molecule has 0 N–H and O–H groups in total. The number of oxazole rings is 1. The number of hydrogen-bond donors (Lipinski definition) is 0. The van der Waals surface area contributed by atoms with E-state index >= 15 is 0 Å². The molecule has 4 aromatic rings. The van der Waals surface area contributed by atoms with Crippen LogP contribution in [0.25, 0.3) is 11.3 Å². The van der Waals surface area contributed by atoms with Crippen molar-refractivity contribution in [3.63, 3.8) is 0 Å². The zero-order valence-corrected chi connectivity index (χ0v) is 17.9. The van der Waals surface area contributed by atoms with Crippen LogP contribution in [0.1, 0.15) is 23.4 Å². The van der Waals surface area contributed by atoms with Gasteiger partial charge in [-0.2, -0.15) is 4.99 Å². The minimum atomic E-state index is -0.221. The Morgan fingerprint density at radius 1 is 1.06 bits per heavy atom. The monoisotopic (exact) mass is 431 g/mol. The first-order chi connectivity index (χ1) is 15.1. The van der Waals surface area contributed by atoms with Crippen LogP contribution in [-0.4, -0.2) is 15.5 Å². The summed E-state index contributed by atoms with van der Waals surface area (Å²) in [4.78, 5) is 21.1. The van der Waals surface area contributed by atoms with Crippen molar-refractivity contribution < 1.29 is 9.21 Å². The number of rotatable bonds is 6. The molecule has 5 nitrogen and oxygen atoms in total. The highest BCUT2D eigenvalue weighted by atomic mass is 35.5. The number of carbonyl (C=O) groups is 1. The maximum absolute atomic E-state index is 12.5. The number of aryl methyl sites for hydroxylation is 2. The fourth-order valence-corrected chi connectivity index (χ4v) is 3.43. The van der Waals surface area contributed by atoms with Crippen LogP contribution in [0.2, 0.25) is 5.02 Å². The zero-order valence-electron chi connectivity index (χ0n) is 17.2. The second-order valence-corrected chi connectivity index (χ2v) is 7.68. The Bertz CT molecular complexity index is 1260. The average molecular weight is 432 g/mol. The van der Waals surface area contributed by atoms with Gasteiger partial charge in [-0.05, 0) is 36.8 Å². The van der Waals surface area contributed by atoms with Gasteiger partial charge in [-0.15, -0.1) is 0 Å². The highest BCUT2D eigenvalue weighted by Gasteiger charge is 2.11. The Kier molecular flexibility index (Phi) is 6.43. The third kappa shape index (κ3) is 5.38. The van der Waals surface area contributed by atoms with E-state index in [0.29, 0.717) is 35.1 Å². The number of hydrogen-bond acceptors (Lipinski definition) is 3. The summed E-state index contributed by atoms with van der Waals surface area (Å²) in [6.45, 7) is 2.71. The summed E-state index contributed by atoms with van der Waals surface area (Å²) in [5.41, 5.74) is 3.77. The van der Waals surface area contributed by atoms with E-state index in [4.69, 9.17) is 16.0 Å². The molecule has 0 atom stereocenters. The standard InChI is InChI=1S/C25H22ClN3O2/c1-18-9-11-19(12-10-18)17-29-15-5-4-8-23(29)28-24(30)13-14-25-27-16-22(31-25)20-6-2-3-7-21(20)26/h2-12,15-16H,13-14,17H2,1H3. The van der Waals surface area contributed by atoms with Gasteiger partial charge >= 0.3 is 0 Å². The van der Waals surface area contributed by atoms with Gasteiger partial charge in [-0.1, -0.05) is 59.6 Å². The van der Waals surface area contributed by atoms with E-state index in [1.165, 1.54) is 5.56 Å². The fourth-order valence-electron chi connectivity index (χ4n) is 3.20. The van der Waals surface area contributed by atoms with Gasteiger partial charge in [0.2, 0.25) is 5.91 Å². The number of nitrogens with zero attached hydrogens (tertiary/aromatic N) is 3. The van der Waals surface area contributed by atoms with Gasteiger partial charge in [0.05, 0.1) is 11.2 Å². The number of pyridine rings is 1. The molecule has 6 heteroatoms. The minimum absolute atomic E-state index is 0.210. The minimum Gasteiger partial charge on any atom is -0.441 e. The van der Waals surface area contributed by atoms with E-state index in [1.54, 1.807) is 12.3 Å². The fraction of sp³-hybridized carbons (Fsp3) is 0.160. The van der Waals surface area contributed by atoms with E-state index in [0.717, 1.165) is 11.1 Å². The van der Waals surface area contributed by atoms with Gasteiger partial charge in [0.15, 0.2) is 11.7 Å². The number of amides is 1.